The second kappa shape index (κ2) is 5.67. The van der Waals surface area contributed by atoms with Gasteiger partial charge in [0.25, 0.3) is 5.91 Å². The molecule has 2 rings (SSSR count). The molecule has 1 amide bonds. The lowest BCUT2D eigenvalue weighted by molar-refractivity contribution is -0.136. The molecule has 0 fully saturated rings. The summed E-state index contributed by atoms with van der Waals surface area (Å²) in [4.78, 5) is 26.3. The molecule has 0 aliphatic rings. The fourth-order valence-electron chi connectivity index (χ4n) is 1.72. The number of carbonyl (C=O) groups is 2. The molecular formula is C13H11ClN2O3. The van der Waals surface area contributed by atoms with Crippen molar-refractivity contribution in [3.05, 3.63) is 41.2 Å². The van der Waals surface area contributed by atoms with Gasteiger partial charge in [-0.05, 0) is 5.39 Å². The number of hydrogen-bond acceptors (Lipinski definition) is 3. The Morgan fingerprint density at radius 1 is 1.26 bits per heavy atom. The summed E-state index contributed by atoms with van der Waals surface area (Å²) in [5, 5.41) is 12.8. The molecule has 0 radical (unpaired) electrons. The van der Waals surface area contributed by atoms with Gasteiger partial charge in [0.15, 0.2) is 0 Å². The van der Waals surface area contributed by atoms with Gasteiger partial charge in [-0.3, -0.25) is 9.59 Å². The molecule has 1 aromatic carbocycles. The first-order chi connectivity index (χ1) is 9.09. The molecule has 0 aliphatic carbocycles. The lowest BCUT2D eigenvalue weighted by Gasteiger charge is -2.07. The summed E-state index contributed by atoms with van der Waals surface area (Å²) in [6.07, 6.45) is 1.27. The average Bonchev–Trinajstić information content (AvgIpc) is 2.39. The molecule has 98 valence electrons. The lowest BCUT2D eigenvalue weighted by atomic mass is 10.1. The van der Waals surface area contributed by atoms with Crippen molar-refractivity contribution in [3.63, 3.8) is 0 Å². The minimum Gasteiger partial charge on any atom is -0.481 e. The minimum atomic E-state index is -0.959. The first kappa shape index (κ1) is 13.3. The first-order valence-electron chi connectivity index (χ1n) is 5.63. The standard InChI is InChI=1S/C13H11ClN2O3/c14-12-9-4-2-1-3-8(9)10(7-16-12)13(19)15-6-5-11(17)18/h1-4,7H,5-6H2,(H,15,19)(H,17,18). The molecule has 5 nitrogen and oxygen atoms in total. The van der Waals surface area contributed by atoms with Gasteiger partial charge in [-0.2, -0.15) is 0 Å². The van der Waals surface area contributed by atoms with Gasteiger partial charge < -0.3 is 10.4 Å². The normalized spacial score (nSPS) is 10.4. The van der Waals surface area contributed by atoms with Crippen LogP contribution in [0.3, 0.4) is 0 Å². The van der Waals surface area contributed by atoms with Crippen LogP contribution in [-0.2, 0) is 4.79 Å². The van der Waals surface area contributed by atoms with E-state index in [4.69, 9.17) is 16.7 Å². The molecule has 6 heteroatoms. The molecule has 1 aromatic heterocycles. The monoisotopic (exact) mass is 278 g/mol. The van der Waals surface area contributed by atoms with Crippen molar-refractivity contribution >= 4 is 34.2 Å². The summed E-state index contributed by atoms with van der Waals surface area (Å²) in [7, 11) is 0. The van der Waals surface area contributed by atoms with Crippen LogP contribution in [0.15, 0.2) is 30.5 Å². The SMILES string of the molecule is O=C(O)CCNC(=O)c1cnc(Cl)c2ccccc12. The van der Waals surface area contributed by atoms with Crippen LogP contribution in [0.2, 0.25) is 5.15 Å². The zero-order valence-corrected chi connectivity index (χ0v) is 10.6. The maximum absolute atomic E-state index is 12.0. The second-order valence-corrected chi connectivity index (χ2v) is 4.27. The highest BCUT2D eigenvalue weighted by Crippen LogP contribution is 2.23. The number of fused-ring (bicyclic) bond motifs is 1. The van der Waals surface area contributed by atoms with E-state index in [9.17, 15) is 9.59 Å². The third kappa shape index (κ3) is 3.00. The number of nitrogens with zero attached hydrogens (tertiary/aromatic N) is 1. The third-order valence-electron chi connectivity index (χ3n) is 2.62. The van der Waals surface area contributed by atoms with E-state index in [0.29, 0.717) is 21.5 Å². The summed E-state index contributed by atoms with van der Waals surface area (Å²) >= 11 is 5.96. The van der Waals surface area contributed by atoms with E-state index in [1.165, 1.54) is 6.20 Å². The van der Waals surface area contributed by atoms with Crippen molar-refractivity contribution in [1.29, 1.82) is 0 Å². The minimum absolute atomic E-state index is 0.0745. The van der Waals surface area contributed by atoms with Crippen LogP contribution in [0, 0.1) is 0 Å². The van der Waals surface area contributed by atoms with Crippen molar-refractivity contribution in [1.82, 2.24) is 10.3 Å². The number of pyridine rings is 1. The Morgan fingerprint density at radius 3 is 2.63 bits per heavy atom. The molecule has 1 heterocycles. The fourth-order valence-corrected chi connectivity index (χ4v) is 1.93. The van der Waals surface area contributed by atoms with Gasteiger partial charge in [-0.25, -0.2) is 4.98 Å². The third-order valence-corrected chi connectivity index (χ3v) is 2.92. The molecule has 0 bridgehead atoms. The average molecular weight is 279 g/mol. The predicted molar refractivity (Wildman–Crippen MR) is 71.3 cm³/mol. The second-order valence-electron chi connectivity index (χ2n) is 3.91. The molecular weight excluding hydrogens is 268 g/mol. The molecule has 0 spiro atoms. The number of benzene rings is 1. The van der Waals surface area contributed by atoms with Gasteiger partial charge in [0.1, 0.15) is 5.15 Å². The van der Waals surface area contributed by atoms with Crippen molar-refractivity contribution < 1.29 is 14.7 Å². The van der Waals surface area contributed by atoms with Gasteiger partial charge in [0, 0.05) is 18.1 Å². The molecule has 0 atom stereocenters. The number of aliphatic carboxylic acids is 1. The highest BCUT2D eigenvalue weighted by atomic mass is 35.5. The maximum Gasteiger partial charge on any atom is 0.305 e. The predicted octanol–water partition coefficient (Wildman–Crippen LogP) is 2.09. The Morgan fingerprint density at radius 2 is 1.95 bits per heavy atom. The van der Waals surface area contributed by atoms with E-state index in [2.05, 4.69) is 10.3 Å². The quantitative estimate of drug-likeness (QED) is 0.840. The number of rotatable bonds is 4. The number of amides is 1. The topological polar surface area (TPSA) is 79.3 Å². The summed E-state index contributed by atoms with van der Waals surface area (Å²) in [6, 6.07) is 7.16. The largest absolute Gasteiger partial charge is 0.481 e. The Labute approximate surface area is 114 Å². The van der Waals surface area contributed by atoms with Crippen molar-refractivity contribution in [3.8, 4) is 0 Å². The molecule has 2 aromatic rings. The van der Waals surface area contributed by atoms with Crippen molar-refractivity contribution in [2.45, 2.75) is 6.42 Å². The van der Waals surface area contributed by atoms with E-state index in [1.807, 2.05) is 6.07 Å². The first-order valence-corrected chi connectivity index (χ1v) is 6.00. The maximum atomic E-state index is 12.0. The van der Waals surface area contributed by atoms with Gasteiger partial charge >= 0.3 is 5.97 Å². The van der Waals surface area contributed by atoms with E-state index < -0.39 is 5.97 Å². The van der Waals surface area contributed by atoms with Crippen LogP contribution in [0.5, 0.6) is 0 Å². The van der Waals surface area contributed by atoms with E-state index in [0.717, 1.165) is 0 Å². The van der Waals surface area contributed by atoms with E-state index in [1.54, 1.807) is 18.2 Å². The number of hydrogen-bond donors (Lipinski definition) is 2. The smallest absolute Gasteiger partial charge is 0.305 e. The van der Waals surface area contributed by atoms with Gasteiger partial charge in [0.2, 0.25) is 0 Å². The van der Waals surface area contributed by atoms with E-state index in [-0.39, 0.29) is 18.9 Å². The van der Waals surface area contributed by atoms with E-state index >= 15 is 0 Å². The van der Waals surface area contributed by atoms with Crippen LogP contribution in [-0.4, -0.2) is 28.5 Å². The number of carboxylic acids is 1. The van der Waals surface area contributed by atoms with Crippen LogP contribution in [0.1, 0.15) is 16.8 Å². The van der Waals surface area contributed by atoms with Gasteiger partial charge in [-0.15, -0.1) is 0 Å². The number of aromatic nitrogens is 1. The van der Waals surface area contributed by atoms with Crippen LogP contribution >= 0.6 is 11.6 Å². The zero-order valence-electron chi connectivity index (χ0n) is 9.89. The Bertz CT molecular complexity index is 643. The number of carbonyl (C=O) groups excluding carboxylic acids is 1. The summed E-state index contributed by atoms with van der Waals surface area (Å²) in [6.45, 7) is 0.0745. The highest BCUT2D eigenvalue weighted by Gasteiger charge is 2.12. The highest BCUT2D eigenvalue weighted by molar-refractivity contribution is 6.34. The number of nitrogens with one attached hydrogen (secondary N) is 1. The number of carboxylic acid groups (broad SMARTS) is 1. The fraction of sp³-hybridized carbons (Fsp3) is 0.154. The Balaban J connectivity index is 2.27. The van der Waals surface area contributed by atoms with Crippen molar-refractivity contribution in [2.24, 2.45) is 0 Å². The lowest BCUT2D eigenvalue weighted by Crippen LogP contribution is -2.26. The molecule has 2 N–H and O–H groups in total. The Hall–Kier alpha value is -2.14. The molecule has 0 saturated heterocycles. The summed E-state index contributed by atoms with van der Waals surface area (Å²) in [5.41, 5.74) is 0.380. The summed E-state index contributed by atoms with van der Waals surface area (Å²) < 4.78 is 0. The molecule has 0 unspecified atom stereocenters. The van der Waals surface area contributed by atoms with Crippen molar-refractivity contribution in [2.75, 3.05) is 6.54 Å². The van der Waals surface area contributed by atoms with Gasteiger partial charge in [0.05, 0.1) is 12.0 Å². The molecule has 0 saturated carbocycles. The molecule has 0 aliphatic heterocycles. The van der Waals surface area contributed by atoms with Crippen LogP contribution < -0.4 is 5.32 Å². The number of halogens is 1. The van der Waals surface area contributed by atoms with Crippen LogP contribution in [0.25, 0.3) is 10.8 Å². The molecule has 19 heavy (non-hydrogen) atoms. The summed E-state index contributed by atoms with van der Waals surface area (Å²) in [5.74, 6) is -1.32. The van der Waals surface area contributed by atoms with Crippen LogP contribution in [0.4, 0.5) is 0 Å². The Kier molecular flexibility index (Phi) is 3.97. The van der Waals surface area contributed by atoms with Gasteiger partial charge in [-0.1, -0.05) is 35.9 Å². The zero-order chi connectivity index (χ0) is 13.8.